The second kappa shape index (κ2) is 4.61. The topological polar surface area (TPSA) is 20.3 Å². The van der Waals surface area contributed by atoms with Crippen LogP contribution < -0.4 is 0 Å². The van der Waals surface area contributed by atoms with E-state index in [4.69, 9.17) is 0 Å². The molecule has 2 unspecified atom stereocenters. The Balaban J connectivity index is 2.38. The predicted octanol–water partition coefficient (Wildman–Crippen LogP) is 2.83. The molecule has 17 heavy (non-hydrogen) atoms. The number of hydrogen-bond acceptors (Lipinski definition) is 2. The standard InChI is InChI=1S/C15H21NO/c1-12-11-15(16(2)3,10-9-14(12)17)13-7-5-4-6-8-13/h4-8,12H,9-11H2,1-3H3. The number of rotatable bonds is 2. The van der Waals surface area contributed by atoms with E-state index in [-0.39, 0.29) is 11.5 Å². The number of benzene rings is 1. The molecule has 0 spiro atoms. The number of carbonyl (C=O) groups is 1. The predicted molar refractivity (Wildman–Crippen MR) is 69.8 cm³/mol. The average molecular weight is 231 g/mol. The van der Waals surface area contributed by atoms with E-state index in [1.54, 1.807) is 0 Å². The van der Waals surface area contributed by atoms with Crippen molar-refractivity contribution in [3.05, 3.63) is 35.9 Å². The van der Waals surface area contributed by atoms with Crippen molar-refractivity contribution in [2.45, 2.75) is 31.7 Å². The van der Waals surface area contributed by atoms with Crippen molar-refractivity contribution in [1.82, 2.24) is 4.90 Å². The second-order valence-corrected chi connectivity index (χ2v) is 5.36. The molecule has 1 aliphatic rings. The van der Waals surface area contributed by atoms with Gasteiger partial charge in [0, 0.05) is 17.9 Å². The highest BCUT2D eigenvalue weighted by Crippen LogP contribution is 2.41. The van der Waals surface area contributed by atoms with Crippen LogP contribution in [0.4, 0.5) is 0 Å². The molecule has 2 atom stereocenters. The first-order valence-electron chi connectivity index (χ1n) is 6.32. The zero-order chi connectivity index (χ0) is 12.5. The minimum absolute atomic E-state index is 0.0363. The molecule has 1 saturated carbocycles. The van der Waals surface area contributed by atoms with Gasteiger partial charge in [0.15, 0.2) is 0 Å². The van der Waals surface area contributed by atoms with Gasteiger partial charge in [-0.1, -0.05) is 37.3 Å². The van der Waals surface area contributed by atoms with Crippen LogP contribution >= 0.6 is 0 Å². The van der Waals surface area contributed by atoms with E-state index < -0.39 is 0 Å². The summed E-state index contributed by atoms with van der Waals surface area (Å²) in [6.07, 6.45) is 2.57. The second-order valence-electron chi connectivity index (χ2n) is 5.36. The molecule has 0 heterocycles. The molecular weight excluding hydrogens is 210 g/mol. The van der Waals surface area contributed by atoms with Crippen molar-refractivity contribution in [3.8, 4) is 0 Å². The summed E-state index contributed by atoms with van der Waals surface area (Å²) in [5.74, 6) is 0.588. The smallest absolute Gasteiger partial charge is 0.135 e. The summed E-state index contributed by atoms with van der Waals surface area (Å²) in [7, 11) is 4.24. The van der Waals surface area contributed by atoms with Gasteiger partial charge in [-0.15, -0.1) is 0 Å². The van der Waals surface area contributed by atoms with Gasteiger partial charge in [0.2, 0.25) is 0 Å². The molecule has 0 amide bonds. The molecule has 0 saturated heterocycles. The van der Waals surface area contributed by atoms with Gasteiger partial charge in [-0.05, 0) is 32.5 Å². The number of hydrogen-bond donors (Lipinski definition) is 0. The van der Waals surface area contributed by atoms with Crippen molar-refractivity contribution in [2.75, 3.05) is 14.1 Å². The summed E-state index contributed by atoms with van der Waals surface area (Å²) in [6, 6.07) is 10.6. The number of carbonyl (C=O) groups excluding carboxylic acids is 1. The lowest BCUT2D eigenvalue weighted by Gasteiger charge is -2.45. The maximum Gasteiger partial charge on any atom is 0.135 e. The normalized spacial score (nSPS) is 29.6. The summed E-state index contributed by atoms with van der Waals surface area (Å²) in [6.45, 7) is 2.06. The summed E-state index contributed by atoms with van der Waals surface area (Å²) in [5, 5.41) is 0. The van der Waals surface area contributed by atoms with Crippen LogP contribution in [0.2, 0.25) is 0 Å². The first-order chi connectivity index (χ1) is 8.06. The van der Waals surface area contributed by atoms with Crippen LogP contribution in [0.5, 0.6) is 0 Å². The van der Waals surface area contributed by atoms with E-state index in [1.807, 2.05) is 6.07 Å². The third-order valence-electron chi connectivity index (χ3n) is 4.15. The Morgan fingerprint density at radius 2 is 1.88 bits per heavy atom. The highest BCUT2D eigenvalue weighted by Gasteiger charge is 2.41. The molecular formula is C15H21NO. The van der Waals surface area contributed by atoms with Crippen LogP contribution in [0.3, 0.4) is 0 Å². The van der Waals surface area contributed by atoms with Gasteiger partial charge in [-0.3, -0.25) is 9.69 Å². The van der Waals surface area contributed by atoms with Crippen LogP contribution in [-0.2, 0) is 10.3 Å². The van der Waals surface area contributed by atoms with E-state index >= 15 is 0 Å². The largest absolute Gasteiger partial charge is 0.300 e. The molecule has 2 rings (SSSR count). The Labute approximate surface area is 104 Å². The van der Waals surface area contributed by atoms with E-state index in [9.17, 15) is 4.79 Å². The Hall–Kier alpha value is -1.15. The minimum atomic E-state index is 0.0363. The van der Waals surface area contributed by atoms with Gasteiger partial charge >= 0.3 is 0 Å². The van der Waals surface area contributed by atoms with E-state index in [2.05, 4.69) is 50.2 Å². The number of Topliss-reactive ketones (excluding diaryl/α,β-unsaturated/α-hetero) is 1. The molecule has 0 aromatic heterocycles. The maximum absolute atomic E-state index is 11.7. The van der Waals surface area contributed by atoms with Crippen molar-refractivity contribution in [3.63, 3.8) is 0 Å². The van der Waals surface area contributed by atoms with Crippen LogP contribution in [0.15, 0.2) is 30.3 Å². The Morgan fingerprint density at radius 1 is 1.24 bits per heavy atom. The summed E-state index contributed by atoms with van der Waals surface area (Å²) in [5.41, 5.74) is 1.37. The van der Waals surface area contributed by atoms with E-state index in [0.717, 1.165) is 12.8 Å². The Bertz CT molecular complexity index is 399. The first-order valence-corrected chi connectivity index (χ1v) is 6.32. The third-order valence-corrected chi connectivity index (χ3v) is 4.15. The van der Waals surface area contributed by atoms with Crippen LogP contribution in [0.25, 0.3) is 0 Å². The minimum Gasteiger partial charge on any atom is -0.300 e. The zero-order valence-corrected chi connectivity index (χ0v) is 10.9. The molecule has 1 aromatic rings. The van der Waals surface area contributed by atoms with Gasteiger partial charge in [0.25, 0.3) is 0 Å². The fourth-order valence-corrected chi connectivity index (χ4v) is 2.97. The lowest BCUT2D eigenvalue weighted by Crippen LogP contribution is -2.47. The van der Waals surface area contributed by atoms with Gasteiger partial charge in [0.1, 0.15) is 5.78 Å². The molecule has 1 fully saturated rings. The van der Waals surface area contributed by atoms with E-state index in [0.29, 0.717) is 12.2 Å². The van der Waals surface area contributed by atoms with E-state index in [1.165, 1.54) is 5.56 Å². The molecule has 1 aromatic carbocycles. The number of ketones is 1. The van der Waals surface area contributed by atoms with Crippen molar-refractivity contribution in [1.29, 1.82) is 0 Å². The Morgan fingerprint density at radius 3 is 2.41 bits per heavy atom. The van der Waals surface area contributed by atoms with Crippen molar-refractivity contribution < 1.29 is 4.79 Å². The van der Waals surface area contributed by atoms with Crippen LogP contribution in [0, 0.1) is 5.92 Å². The Kier molecular flexibility index (Phi) is 3.34. The van der Waals surface area contributed by atoms with Crippen LogP contribution in [-0.4, -0.2) is 24.8 Å². The highest BCUT2D eigenvalue weighted by atomic mass is 16.1. The quantitative estimate of drug-likeness (QED) is 0.780. The fraction of sp³-hybridized carbons (Fsp3) is 0.533. The van der Waals surface area contributed by atoms with Gasteiger partial charge < -0.3 is 0 Å². The fourth-order valence-electron chi connectivity index (χ4n) is 2.97. The third kappa shape index (κ3) is 2.14. The van der Waals surface area contributed by atoms with Gasteiger partial charge in [0.05, 0.1) is 0 Å². The number of nitrogens with zero attached hydrogens (tertiary/aromatic N) is 1. The monoisotopic (exact) mass is 231 g/mol. The van der Waals surface area contributed by atoms with Gasteiger partial charge in [-0.25, -0.2) is 0 Å². The summed E-state index contributed by atoms with van der Waals surface area (Å²) >= 11 is 0. The van der Waals surface area contributed by atoms with Gasteiger partial charge in [-0.2, -0.15) is 0 Å². The zero-order valence-electron chi connectivity index (χ0n) is 10.9. The first kappa shape index (κ1) is 12.3. The van der Waals surface area contributed by atoms with Crippen molar-refractivity contribution >= 4 is 5.78 Å². The molecule has 2 heteroatoms. The molecule has 1 aliphatic carbocycles. The lowest BCUT2D eigenvalue weighted by molar-refractivity contribution is -0.127. The molecule has 0 aliphatic heterocycles. The summed E-state index contributed by atoms with van der Waals surface area (Å²) in [4.78, 5) is 14.0. The molecule has 92 valence electrons. The molecule has 2 nitrogen and oxygen atoms in total. The average Bonchev–Trinajstić information content (AvgIpc) is 2.33. The molecule has 0 radical (unpaired) electrons. The van der Waals surface area contributed by atoms with Crippen molar-refractivity contribution in [2.24, 2.45) is 5.92 Å². The SMILES string of the molecule is CC1CC(c2ccccc2)(N(C)C)CCC1=O. The summed E-state index contributed by atoms with van der Waals surface area (Å²) < 4.78 is 0. The molecule has 0 bridgehead atoms. The highest BCUT2D eigenvalue weighted by molar-refractivity contribution is 5.81. The van der Waals surface area contributed by atoms with Crippen LogP contribution in [0.1, 0.15) is 31.7 Å². The molecule has 0 N–H and O–H groups in total. The maximum atomic E-state index is 11.7. The lowest BCUT2D eigenvalue weighted by atomic mass is 9.71.